The van der Waals surface area contributed by atoms with Crippen LogP contribution in [-0.4, -0.2) is 28.1 Å². The van der Waals surface area contributed by atoms with E-state index in [1.807, 2.05) is 31.3 Å². The normalized spacial score (nSPS) is 12.2. The van der Waals surface area contributed by atoms with Crippen molar-refractivity contribution in [1.29, 1.82) is 0 Å². The van der Waals surface area contributed by atoms with E-state index in [9.17, 15) is 9.18 Å². The number of anilines is 1. The molecule has 0 aliphatic rings. The van der Waals surface area contributed by atoms with Gasteiger partial charge >= 0.3 is 0 Å². The molecule has 140 valence electrons. The predicted molar refractivity (Wildman–Crippen MR) is 106 cm³/mol. The van der Waals surface area contributed by atoms with Crippen molar-refractivity contribution in [3.63, 3.8) is 0 Å². The Bertz CT molecular complexity index is 931. The first-order valence-corrected chi connectivity index (χ1v) is 9.47. The summed E-state index contributed by atoms with van der Waals surface area (Å²) < 4.78 is 12.9. The molecule has 0 bridgehead atoms. The van der Waals surface area contributed by atoms with Crippen LogP contribution in [0.4, 0.5) is 10.1 Å². The zero-order valence-corrected chi connectivity index (χ0v) is 16.4. The molecular formula is C19H18ClFN4OS. The van der Waals surface area contributed by atoms with Gasteiger partial charge in [0.15, 0.2) is 0 Å². The van der Waals surface area contributed by atoms with Gasteiger partial charge in [0, 0.05) is 16.8 Å². The summed E-state index contributed by atoms with van der Waals surface area (Å²) in [5.41, 5.74) is 1.53. The first-order chi connectivity index (χ1) is 12.9. The Morgan fingerprint density at radius 1 is 1.22 bits per heavy atom. The number of hydrogen-bond acceptors (Lipinski definition) is 5. The molecule has 5 nitrogen and oxygen atoms in total. The first kappa shape index (κ1) is 19.4. The molecule has 1 aromatic heterocycles. The number of hydrogen-bond donors (Lipinski definition) is 1. The Kier molecular flexibility index (Phi) is 6.15. The summed E-state index contributed by atoms with van der Waals surface area (Å²) in [5, 5.41) is 12.4. The molecule has 2 aromatic carbocycles. The molecule has 0 aliphatic heterocycles. The molecule has 8 heteroatoms. The number of benzene rings is 2. The standard InChI is InChI=1S/C19H18ClFN4OS/c1-12(15-5-3-4-6-16(15)20)25(2)11-17-23-24-19(27-17)18(26)22-14-9-7-13(21)8-10-14/h3-10,12H,11H2,1-2H3,(H,22,26). The van der Waals surface area contributed by atoms with Gasteiger partial charge in [-0.25, -0.2) is 4.39 Å². The Labute approximate surface area is 165 Å². The number of carbonyl (C=O) groups excluding carboxylic acids is 1. The summed E-state index contributed by atoms with van der Waals surface area (Å²) in [6.45, 7) is 2.60. The number of aromatic nitrogens is 2. The van der Waals surface area contributed by atoms with Crippen molar-refractivity contribution >= 4 is 34.5 Å². The lowest BCUT2D eigenvalue weighted by Gasteiger charge is -2.24. The van der Waals surface area contributed by atoms with Crippen LogP contribution in [0.3, 0.4) is 0 Å². The lowest BCUT2D eigenvalue weighted by atomic mass is 10.1. The summed E-state index contributed by atoms with van der Waals surface area (Å²) >= 11 is 7.50. The molecule has 0 fully saturated rings. The minimum Gasteiger partial charge on any atom is -0.320 e. The molecule has 0 radical (unpaired) electrons. The third-order valence-electron chi connectivity index (χ3n) is 4.16. The summed E-state index contributed by atoms with van der Waals surface area (Å²) in [6, 6.07) is 13.3. The molecular weight excluding hydrogens is 387 g/mol. The van der Waals surface area contributed by atoms with Gasteiger partial charge in [-0.2, -0.15) is 0 Å². The van der Waals surface area contributed by atoms with Crippen molar-refractivity contribution in [2.75, 3.05) is 12.4 Å². The van der Waals surface area contributed by atoms with Gasteiger partial charge in [-0.05, 0) is 49.9 Å². The lowest BCUT2D eigenvalue weighted by Crippen LogP contribution is -2.22. The zero-order chi connectivity index (χ0) is 19.4. The van der Waals surface area contributed by atoms with Crippen LogP contribution in [0, 0.1) is 5.82 Å². The molecule has 1 unspecified atom stereocenters. The number of nitrogens with zero attached hydrogens (tertiary/aromatic N) is 3. The van der Waals surface area contributed by atoms with Crippen molar-refractivity contribution < 1.29 is 9.18 Å². The average Bonchev–Trinajstić information content (AvgIpc) is 3.12. The van der Waals surface area contributed by atoms with Crippen LogP contribution in [-0.2, 0) is 6.54 Å². The molecule has 0 aliphatic carbocycles. The summed E-state index contributed by atoms with van der Waals surface area (Å²) in [7, 11) is 1.97. The van der Waals surface area contributed by atoms with Crippen LogP contribution in [0.2, 0.25) is 5.02 Å². The van der Waals surface area contributed by atoms with Crippen molar-refractivity contribution in [2.45, 2.75) is 19.5 Å². The maximum atomic E-state index is 12.9. The maximum absolute atomic E-state index is 12.9. The van der Waals surface area contributed by atoms with E-state index in [-0.39, 0.29) is 22.8 Å². The van der Waals surface area contributed by atoms with Crippen molar-refractivity contribution in [3.05, 3.63) is 74.9 Å². The fourth-order valence-electron chi connectivity index (χ4n) is 2.53. The van der Waals surface area contributed by atoms with E-state index in [0.717, 1.165) is 10.6 Å². The summed E-state index contributed by atoms with van der Waals surface area (Å²) in [5.74, 6) is -0.728. The van der Waals surface area contributed by atoms with Gasteiger partial charge in [0.05, 0.1) is 6.54 Å². The topological polar surface area (TPSA) is 58.1 Å². The lowest BCUT2D eigenvalue weighted by molar-refractivity contribution is 0.102. The first-order valence-electron chi connectivity index (χ1n) is 8.28. The predicted octanol–water partition coefficient (Wildman–Crippen LogP) is 4.78. The third-order valence-corrected chi connectivity index (χ3v) is 5.42. The third kappa shape index (κ3) is 4.88. The van der Waals surface area contributed by atoms with Gasteiger partial charge in [0.2, 0.25) is 5.01 Å². The van der Waals surface area contributed by atoms with Gasteiger partial charge in [0.25, 0.3) is 5.91 Å². The Hall–Kier alpha value is -2.35. The Morgan fingerprint density at radius 2 is 1.93 bits per heavy atom. The highest BCUT2D eigenvalue weighted by molar-refractivity contribution is 7.13. The minimum atomic E-state index is -0.368. The van der Waals surface area contributed by atoms with Crippen LogP contribution in [0.25, 0.3) is 0 Å². The van der Waals surface area contributed by atoms with Gasteiger partial charge < -0.3 is 5.32 Å². The number of carbonyl (C=O) groups is 1. The average molecular weight is 405 g/mol. The molecule has 3 rings (SSSR count). The molecule has 1 amide bonds. The number of halogens is 2. The Morgan fingerprint density at radius 3 is 2.63 bits per heavy atom. The molecule has 1 N–H and O–H groups in total. The van der Waals surface area contributed by atoms with Crippen LogP contribution >= 0.6 is 22.9 Å². The molecule has 0 spiro atoms. The fourth-order valence-corrected chi connectivity index (χ4v) is 3.62. The highest BCUT2D eigenvalue weighted by Gasteiger charge is 2.18. The van der Waals surface area contributed by atoms with Crippen LogP contribution < -0.4 is 5.32 Å². The maximum Gasteiger partial charge on any atom is 0.286 e. The number of nitrogens with one attached hydrogen (secondary N) is 1. The van der Waals surface area contributed by atoms with E-state index in [0.29, 0.717) is 17.3 Å². The van der Waals surface area contributed by atoms with Crippen molar-refractivity contribution in [3.8, 4) is 0 Å². The van der Waals surface area contributed by atoms with E-state index in [4.69, 9.17) is 11.6 Å². The largest absolute Gasteiger partial charge is 0.320 e. The van der Waals surface area contributed by atoms with E-state index in [2.05, 4.69) is 27.3 Å². The van der Waals surface area contributed by atoms with Crippen LogP contribution in [0.5, 0.6) is 0 Å². The number of amides is 1. The zero-order valence-electron chi connectivity index (χ0n) is 14.8. The second kappa shape index (κ2) is 8.56. The second-order valence-corrected chi connectivity index (χ2v) is 7.54. The second-order valence-electron chi connectivity index (χ2n) is 6.07. The van der Waals surface area contributed by atoms with E-state index >= 15 is 0 Å². The minimum absolute atomic E-state index is 0.0825. The molecule has 27 heavy (non-hydrogen) atoms. The monoisotopic (exact) mass is 404 g/mol. The molecule has 0 saturated heterocycles. The highest BCUT2D eigenvalue weighted by Crippen LogP contribution is 2.27. The SMILES string of the molecule is CC(c1ccccc1Cl)N(C)Cc1nnc(C(=O)Nc2ccc(F)cc2)s1. The highest BCUT2D eigenvalue weighted by atomic mass is 35.5. The van der Waals surface area contributed by atoms with Gasteiger partial charge in [-0.15, -0.1) is 10.2 Å². The van der Waals surface area contributed by atoms with Crippen molar-refractivity contribution in [1.82, 2.24) is 15.1 Å². The fraction of sp³-hybridized carbons (Fsp3) is 0.211. The summed E-state index contributed by atoms with van der Waals surface area (Å²) in [6.07, 6.45) is 0. The molecule has 1 atom stereocenters. The molecule has 3 aromatic rings. The smallest absolute Gasteiger partial charge is 0.286 e. The number of rotatable bonds is 6. The Balaban J connectivity index is 1.64. The van der Waals surface area contributed by atoms with E-state index in [1.54, 1.807) is 0 Å². The quantitative estimate of drug-likeness (QED) is 0.642. The van der Waals surface area contributed by atoms with Crippen molar-refractivity contribution in [2.24, 2.45) is 0 Å². The molecule has 1 heterocycles. The molecule has 0 saturated carbocycles. The van der Waals surface area contributed by atoms with Gasteiger partial charge in [0.1, 0.15) is 10.8 Å². The van der Waals surface area contributed by atoms with Crippen LogP contribution in [0.1, 0.15) is 33.3 Å². The van der Waals surface area contributed by atoms with Crippen LogP contribution in [0.15, 0.2) is 48.5 Å². The van der Waals surface area contributed by atoms with Gasteiger partial charge in [-0.1, -0.05) is 41.1 Å². The van der Waals surface area contributed by atoms with E-state index < -0.39 is 0 Å². The van der Waals surface area contributed by atoms with E-state index in [1.165, 1.54) is 35.6 Å². The van der Waals surface area contributed by atoms with Gasteiger partial charge in [-0.3, -0.25) is 9.69 Å². The summed E-state index contributed by atoms with van der Waals surface area (Å²) in [4.78, 5) is 14.4.